The summed E-state index contributed by atoms with van der Waals surface area (Å²) in [6.07, 6.45) is 4.73. The van der Waals surface area contributed by atoms with E-state index in [4.69, 9.17) is 4.74 Å². The highest BCUT2D eigenvalue weighted by atomic mass is 32.1. The third kappa shape index (κ3) is 3.21. The number of nitrogens with one attached hydrogen (secondary N) is 2. The topological polar surface area (TPSA) is 76.1 Å². The molecule has 2 aliphatic carbocycles. The molecule has 1 aromatic heterocycles. The number of nitrogens with zero attached hydrogens (tertiary/aromatic N) is 2. The first-order valence-electron chi connectivity index (χ1n) is 9.32. The van der Waals surface area contributed by atoms with Crippen LogP contribution in [0.25, 0.3) is 0 Å². The number of aryl methyl sites for hydroxylation is 1. The van der Waals surface area contributed by atoms with Crippen LogP contribution in [0.4, 0.5) is 5.13 Å². The highest BCUT2D eigenvalue weighted by molar-refractivity contribution is 7.15. The Hall–Kier alpha value is -1.99. The predicted molar refractivity (Wildman–Crippen MR) is 100 cm³/mol. The Balaban J connectivity index is 1.36. The lowest BCUT2D eigenvalue weighted by Gasteiger charge is -2.11. The summed E-state index contributed by atoms with van der Waals surface area (Å²) >= 11 is 1.39. The van der Waals surface area contributed by atoms with E-state index in [9.17, 15) is 4.79 Å². The number of aromatic nitrogens is 2. The van der Waals surface area contributed by atoms with Gasteiger partial charge in [-0.2, -0.15) is 0 Å². The minimum absolute atomic E-state index is 0.125. The molecular formula is C19H22N4O2S. The first-order chi connectivity index (χ1) is 12.7. The zero-order valence-corrected chi connectivity index (χ0v) is 15.6. The average molecular weight is 370 g/mol. The monoisotopic (exact) mass is 370 g/mol. The normalized spacial score (nSPS) is 23.4. The van der Waals surface area contributed by atoms with Crippen molar-refractivity contribution in [2.45, 2.75) is 44.6 Å². The largest absolute Gasteiger partial charge is 0.493 e. The number of ether oxygens (including phenoxy) is 1. The number of hydrogen-bond acceptors (Lipinski definition) is 6. The van der Waals surface area contributed by atoms with Crippen LogP contribution in [-0.4, -0.2) is 35.3 Å². The van der Waals surface area contributed by atoms with E-state index >= 15 is 0 Å². The van der Waals surface area contributed by atoms with Crippen LogP contribution in [-0.2, 0) is 6.42 Å². The smallest absolute Gasteiger partial charge is 0.257 e. The average Bonchev–Trinajstić information content (AvgIpc) is 3.51. The van der Waals surface area contributed by atoms with Crippen LogP contribution < -0.4 is 15.4 Å². The number of rotatable bonds is 6. The van der Waals surface area contributed by atoms with Gasteiger partial charge in [0.05, 0.1) is 6.61 Å². The number of hydrogen-bond donors (Lipinski definition) is 2. The minimum atomic E-state index is -0.125. The molecule has 5 rings (SSSR count). The van der Waals surface area contributed by atoms with E-state index in [1.54, 1.807) is 0 Å². The van der Waals surface area contributed by atoms with Crippen molar-refractivity contribution < 1.29 is 9.53 Å². The molecular weight excluding hydrogens is 348 g/mol. The van der Waals surface area contributed by atoms with Gasteiger partial charge < -0.3 is 10.1 Å². The summed E-state index contributed by atoms with van der Waals surface area (Å²) in [5.74, 6) is 2.22. The van der Waals surface area contributed by atoms with Crippen molar-refractivity contribution in [3.63, 3.8) is 0 Å². The number of amides is 1. The molecule has 0 radical (unpaired) electrons. The van der Waals surface area contributed by atoms with E-state index in [1.165, 1.54) is 29.7 Å². The molecule has 6 nitrogen and oxygen atoms in total. The zero-order chi connectivity index (χ0) is 17.7. The summed E-state index contributed by atoms with van der Waals surface area (Å²) in [6.45, 7) is 3.71. The molecule has 2 heterocycles. The Morgan fingerprint density at radius 1 is 1.35 bits per heavy atom. The molecule has 2 aromatic rings. The maximum absolute atomic E-state index is 12.7. The van der Waals surface area contributed by atoms with E-state index in [2.05, 4.69) is 20.8 Å². The van der Waals surface area contributed by atoms with Gasteiger partial charge in [0.2, 0.25) is 5.13 Å². The highest BCUT2D eigenvalue weighted by Gasteiger charge is 2.42. The summed E-state index contributed by atoms with van der Waals surface area (Å²) in [7, 11) is 0. The zero-order valence-electron chi connectivity index (χ0n) is 14.7. The van der Waals surface area contributed by atoms with Crippen molar-refractivity contribution in [2.75, 3.05) is 18.5 Å². The molecule has 7 heteroatoms. The van der Waals surface area contributed by atoms with E-state index in [-0.39, 0.29) is 5.91 Å². The second-order valence-electron chi connectivity index (χ2n) is 7.53. The van der Waals surface area contributed by atoms with Crippen LogP contribution in [0, 0.1) is 12.8 Å². The van der Waals surface area contributed by atoms with Crippen LogP contribution in [0.1, 0.15) is 51.7 Å². The lowest BCUT2D eigenvalue weighted by Crippen LogP contribution is -2.20. The van der Waals surface area contributed by atoms with Crippen LogP contribution in [0.3, 0.4) is 0 Å². The standard InChI is InChI=1S/C19H22N4O2S/c1-10-22-23-19(26-10)21-18(24)13-6-12-4-5-25-17(12)15(7-13)14-8-16(14)20-9-11-2-3-11/h6-7,11,14,16,20H,2-5,8-9H2,1H3,(H,21,23,24)/t14-,16+/m0/s1. The number of carbonyl (C=O) groups excluding carboxylic acids is 1. The molecule has 1 amide bonds. The van der Waals surface area contributed by atoms with E-state index < -0.39 is 0 Å². The quantitative estimate of drug-likeness (QED) is 0.818. The van der Waals surface area contributed by atoms with E-state index in [1.807, 2.05) is 19.1 Å². The van der Waals surface area contributed by atoms with Crippen molar-refractivity contribution in [2.24, 2.45) is 5.92 Å². The molecule has 1 aliphatic heterocycles. The van der Waals surface area contributed by atoms with Gasteiger partial charge in [0.15, 0.2) is 0 Å². The van der Waals surface area contributed by atoms with Crippen molar-refractivity contribution in [1.82, 2.24) is 15.5 Å². The van der Waals surface area contributed by atoms with Gasteiger partial charge in [0.1, 0.15) is 10.8 Å². The highest BCUT2D eigenvalue weighted by Crippen LogP contribution is 2.48. The number of fused-ring (bicyclic) bond motifs is 1. The third-order valence-electron chi connectivity index (χ3n) is 5.38. The third-order valence-corrected chi connectivity index (χ3v) is 6.13. The minimum Gasteiger partial charge on any atom is -0.493 e. The summed E-state index contributed by atoms with van der Waals surface area (Å²) in [5, 5.41) is 15.9. The Bertz CT molecular complexity index is 861. The molecule has 1 aromatic carbocycles. The first-order valence-corrected chi connectivity index (χ1v) is 10.1. The maximum Gasteiger partial charge on any atom is 0.257 e. The summed E-state index contributed by atoms with van der Waals surface area (Å²) in [6, 6.07) is 4.49. The number of carbonyl (C=O) groups is 1. The maximum atomic E-state index is 12.7. The molecule has 2 saturated carbocycles. The van der Waals surface area contributed by atoms with Crippen molar-refractivity contribution >= 4 is 22.4 Å². The van der Waals surface area contributed by atoms with Gasteiger partial charge in [0, 0.05) is 23.9 Å². The van der Waals surface area contributed by atoms with Gasteiger partial charge in [-0.1, -0.05) is 11.3 Å². The molecule has 2 N–H and O–H groups in total. The fourth-order valence-electron chi connectivity index (χ4n) is 3.67. The molecule has 0 spiro atoms. The SMILES string of the molecule is Cc1nnc(NC(=O)c2cc3c(c([C@@H]4C[C@H]4NCC4CC4)c2)OCC3)s1. The molecule has 3 aliphatic rings. The van der Waals surface area contributed by atoms with E-state index in [0.717, 1.165) is 41.6 Å². The number of anilines is 1. The lowest BCUT2D eigenvalue weighted by molar-refractivity contribution is 0.102. The van der Waals surface area contributed by atoms with Crippen molar-refractivity contribution in [3.8, 4) is 5.75 Å². The van der Waals surface area contributed by atoms with Gasteiger partial charge in [-0.3, -0.25) is 10.1 Å². The predicted octanol–water partition coefficient (Wildman–Crippen LogP) is 2.89. The van der Waals surface area contributed by atoms with Gasteiger partial charge >= 0.3 is 0 Å². The fraction of sp³-hybridized carbons (Fsp3) is 0.526. The fourth-order valence-corrected chi connectivity index (χ4v) is 4.25. The Labute approximate surface area is 156 Å². The Morgan fingerprint density at radius 3 is 3.00 bits per heavy atom. The lowest BCUT2D eigenvalue weighted by atomic mass is 9.99. The second kappa shape index (κ2) is 6.32. The molecule has 2 atom stereocenters. The Morgan fingerprint density at radius 2 is 2.23 bits per heavy atom. The van der Waals surface area contributed by atoms with E-state index in [0.29, 0.717) is 29.3 Å². The molecule has 0 unspecified atom stereocenters. The van der Waals surface area contributed by atoms with Crippen LogP contribution in [0.5, 0.6) is 5.75 Å². The van der Waals surface area contributed by atoms with Gasteiger partial charge in [-0.25, -0.2) is 0 Å². The van der Waals surface area contributed by atoms with Gasteiger partial charge in [-0.05, 0) is 61.9 Å². The molecule has 26 heavy (non-hydrogen) atoms. The molecule has 136 valence electrons. The summed E-state index contributed by atoms with van der Waals surface area (Å²) in [4.78, 5) is 12.7. The van der Waals surface area contributed by atoms with Crippen molar-refractivity contribution in [3.05, 3.63) is 33.8 Å². The summed E-state index contributed by atoms with van der Waals surface area (Å²) in [5.41, 5.74) is 3.02. The van der Waals surface area contributed by atoms with Crippen molar-refractivity contribution in [1.29, 1.82) is 0 Å². The van der Waals surface area contributed by atoms with Crippen LogP contribution >= 0.6 is 11.3 Å². The van der Waals surface area contributed by atoms with Gasteiger partial charge in [0.25, 0.3) is 5.91 Å². The second-order valence-corrected chi connectivity index (χ2v) is 8.71. The van der Waals surface area contributed by atoms with Crippen LogP contribution in [0.2, 0.25) is 0 Å². The molecule has 2 fully saturated rings. The van der Waals surface area contributed by atoms with Crippen LogP contribution in [0.15, 0.2) is 12.1 Å². The first kappa shape index (κ1) is 16.2. The summed E-state index contributed by atoms with van der Waals surface area (Å²) < 4.78 is 5.89. The Kier molecular flexibility index (Phi) is 3.94. The number of benzene rings is 1. The van der Waals surface area contributed by atoms with Gasteiger partial charge in [-0.15, -0.1) is 10.2 Å². The molecule has 0 bridgehead atoms. The molecule has 0 saturated heterocycles.